The van der Waals surface area contributed by atoms with Crippen LogP contribution in [-0.2, 0) is 15.5 Å². The van der Waals surface area contributed by atoms with Gasteiger partial charge in [0, 0.05) is 6.16 Å². The lowest BCUT2D eigenvalue weighted by Gasteiger charge is -2.29. The molecule has 0 aliphatic carbocycles. The molecule has 0 atom stereocenters. The topological polar surface area (TPSA) is 89.5 Å². The van der Waals surface area contributed by atoms with E-state index in [2.05, 4.69) is 0 Å². The van der Waals surface area contributed by atoms with Crippen LogP contribution in [0.1, 0.15) is 22.8 Å². The van der Waals surface area contributed by atoms with Gasteiger partial charge >= 0.3 is 5.97 Å². The van der Waals surface area contributed by atoms with E-state index in [0.29, 0.717) is 11.1 Å². The summed E-state index contributed by atoms with van der Waals surface area (Å²) in [6.07, 6.45) is -0.546. The first-order valence-corrected chi connectivity index (χ1v) is 6.42. The Bertz CT molecular complexity index is 406. The number of ether oxygens (including phenoxy) is 1. The Morgan fingerprint density at radius 1 is 1.31 bits per heavy atom. The van der Waals surface area contributed by atoms with Crippen LogP contribution >= 0.6 is 7.60 Å². The second-order valence-electron chi connectivity index (χ2n) is 3.19. The van der Waals surface area contributed by atoms with Gasteiger partial charge in [0.1, 0.15) is 0 Å². The number of benzene rings is 1. The molecule has 0 saturated heterocycles. The van der Waals surface area contributed by atoms with Crippen LogP contribution < -0.4 is 9.79 Å². The van der Waals surface area contributed by atoms with E-state index in [4.69, 9.17) is 4.74 Å². The predicted molar refractivity (Wildman–Crippen MR) is 53.7 cm³/mol. The van der Waals surface area contributed by atoms with Gasteiger partial charge in [-0.15, -0.1) is 0 Å². The molecule has 0 aliphatic heterocycles. The second-order valence-corrected chi connectivity index (χ2v) is 4.72. The number of carbonyl (C=O) groups excluding carboxylic acids is 1. The maximum atomic E-state index is 11.2. The van der Waals surface area contributed by atoms with Crippen molar-refractivity contribution in [2.75, 3.05) is 6.61 Å². The molecule has 0 aromatic heterocycles. The standard InChI is InChI=1S/C10H13O5P/c1-2-15-10(11)9-5-3-8(4-6-9)7-16(12,13)14/h3-6H,2,7H2,1H3,(H2,12,13,14)/p-2. The number of hydrogen-bond acceptors (Lipinski definition) is 5. The first-order chi connectivity index (χ1) is 7.42. The summed E-state index contributed by atoms with van der Waals surface area (Å²) >= 11 is 0. The molecule has 0 aliphatic rings. The molecule has 1 rings (SSSR count). The Hall–Kier alpha value is -1.16. The van der Waals surface area contributed by atoms with Crippen molar-refractivity contribution >= 4 is 13.6 Å². The lowest BCUT2D eigenvalue weighted by atomic mass is 10.1. The van der Waals surface area contributed by atoms with Crippen molar-refractivity contribution in [3.8, 4) is 0 Å². The Labute approximate surface area is 93.2 Å². The maximum Gasteiger partial charge on any atom is 0.338 e. The first-order valence-electron chi connectivity index (χ1n) is 4.69. The SMILES string of the molecule is CCOC(=O)c1ccc(CP(=O)([O-])[O-])cc1. The molecule has 88 valence electrons. The van der Waals surface area contributed by atoms with Gasteiger partial charge in [-0.3, -0.25) is 0 Å². The third-order valence-electron chi connectivity index (χ3n) is 1.84. The van der Waals surface area contributed by atoms with Crippen LogP contribution in [0, 0.1) is 0 Å². The van der Waals surface area contributed by atoms with E-state index in [1.165, 1.54) is 24.3 Å². The van der Waals surface area contributed by atoms with Crippen molar-refractivity contribution in [1.82, 2.24) is 0 Å². The van der Waals surface area contributed by atoms with E-state index < -0.39 is 19.7 Å². The van der Waals surface area contributed by atoms with Gasteiger partial charge in [-0.25, -0.2) is 4.79 Å². The Morgan fingerprint density at radius 2 is 1.88 bits per heavy atom. The average Bonchev–Trinajstić information content (AvgIpc) is 2.16. The molecule has 0 saturated carbocycles. The van der Waals surface area contributed by atoms with Crippen molar-refractivity contribution in [2.45, 2.75) is 13.1 Å². The van der Waals surface area contributed by atoms with Crippen LogP contribution in [-0.4, -0.2) is 12.6 Å². The minimum absolute atomic E-state index is 0.275. The minimum Gasteiger partial charge on any atom is -0.810 e. The largest absolute Gasteiger partial charge is 0.810 e. The van der Waals surface area contributed by atoms with Crippen LogP contribution in [0.4, 0.5) is 0 Å². The molecule has 0 amide bonds. The summed E-state index contributed by atoms with van der Waals surface area (Å²) in [5, 5.41) is 0. The molecular weight excluding hydrogens is 231 g/mol. The molecule has 0 N–H and O–H groups in total. The fourth-order valence-electron chi connectivity index (χ4n) is 1.18. The summed E-state index contributed by atoms with van der Waals surface area (Å²) in [6.45, 7) is 1.97. The molecule has 6 heteroatoms. The highest BCUT2D eigenvalue weighted by atomic mass is 31.2. The number of esters is 1. The Kier molecular flexibility index (Phi) is 4.24. The lowest BCUT2D eigenvalue weighted by molar-refractivity contribution is -0.314. The van der Waals surface area contributed by atoms with E-state index in [9.17, 15) is 19.1 Å². The summed E-state index contributed by atoms with van der Waals surface area (Å²) in [5.41, 5.74) is 0.693. The van der Waals surface area contributed by atoms with Crippen LogP contribution in [0.3, 0.4) is 0 Å². The summed E-state index contributed by atoms with van der Waals surface area (Å²) in [7, 11) is -4.56. The van der Waals surface area contributed by atoms with Crippen LogP contribution in [0.25, 0.3) is 0 Å². The zero-order valence-corrected chi connectivity index (χ0v) is 9.61. The Morgan fingerprint density at radius 3 is 2.31 bits per heavy atom. The zero-order valence-electron chi connectivity index (χ0n) is 8.71. The van der Waals surface area contributed by atoms with Gasteiger partial charge in [0.2, 0.25) is 0 Å². The fourth-order valence-corrected chi connectivity index (χ4v) is 1.84. The summed E-state index contributed by atoms with van der Waals surface area (Å²) in [4.78, 5) is 32.2. The van der Waals surface area contributed by atoms with E-state index in [1.807, 2.05) is 0 Å². The van der Waals surface area contributed by atoms with E-state index >= 15 is 0 Å². The molecule has 1 aromatic carbocycles. The summed E-state index contributed by atoms with van der Waals surface area (Å²) in [5.74, 6) is -0.471. The van der Waals surface area contributed by atoms with E-state index in [-0.39, 0.29) is 6.61 Å². The van der Waals surface area contributed by atoms with Gasteiger partial charge < -0.3 is 19.1 Å². The van der Waals surface area contributed by atoms with Crippen LogP contribution in [0.15, 0.2) is 24.3 Å². The van der Waals surface area contributed by atoms with Crippen molar-refractivity contribution in [1.29, 1.82) is 0 Å². The monoisotopic (exact) mass is 242 g/mol. The molecule has 0 spiro atoms. The van der Waals surface area contributed by atoms with Crippen molar-refractivity contribution in [3.05, 3.63) is 35.4 Å². The Balaban J connectivity index is 2.75. The lowest BCUT2D eigenvalue weighted by Crippen LogP contribution is -2.15. The van der Waals surface area contributed by atoms with Crippen molar-refractivity contribution < 1.29 is 23.9 Å². The van der Waals surface area contributed by atoms with Crippen LogP contribution in [0.5, 0.6) is 0 Å². The highest BCUT2D eigenvalue weighted by Gasteiger charge is 2.05. The van der Waals surface area contributed by atoms with Gasteiger partial charge in [-0.2, -0.15) is 0 Å². The van der Waals surface area contributed by atoms with Crippen LogP contribution in [0.2, 0.25) is 0 Å². The third-order valence-corrected chi connectivity index (χ3v) is 2.59. The summed E-state index contributed by atoms with van der Waals surface area (Å²) < 4.78 is 15.3. The average molecular weight is 242 g/mol. The molecule has 0 radical (unpaired) electrons. The van der Waals surface area contributed by atoms with Gasteiger partial charge in [-0.1, -0.05) is 19.7 Å². The van der Waals surface area contributed by atoms with Gasteiger partial charge in [-0.05, 0) is 24.6 Å². The smallest absolute Gasteiger partial charge is 0.338 e. The second kappa shape index (κ2) is 5.25. The molecular formula is C10H11O5P-2. The highest BCUT2D eigenvalue weighted by Crippen LogP contribution is 2.29. The molecule has 1 aromatic rings. The first kappa shape index (κ1) is 12.9. The van der Waals surface area contributed by atoms with Gasteiger partial charge in [0.25, 0.3) is 0 Å². The molecule has 16 heavy (non-hydrogen) atoms. The fraction of sp³-hybridized carbons (Fsp3) is 0.300. The van der Waals surface area contributed by atoms with Crippen molar-refractivity contribution in [3.63, 3.8) is 0 Å². The molecule has 0 fully saturated rings. The normalized spacial score (nSPS) is 11.2. The van der Waals surface area contributed by atoms with Gasteiger partial charge in [0.05, 0.1) is 12.2 Å². The highest BCUT2D eigenvalue weighted by molar-refractivity contribution is 7.47. The number of rotatable bonds is 4. The molecule has 0 heterocycles. The van der Waals surface area contributed by atoms with E-state index in [0.717, 1.165) is 0 Å². The van der Waals surface area contributed by atoms with E-state index in [1.54, 1.807) is 6.92 Å². The maximum absolute atomic E-state index is 11.2. The molecule has 0 bridgehead atoms. The molecule has 0 unspecified atom stereocenters. The molecule has 5 nitrogen and oxygen atoms in total. The zero-order chi connectivity index (χ0) is 12.2. The number of hydrogen-bond donors (Lipinski definition) is 0. The summed E-state index contributed by atoms with van der Waals surface area (Å²) in [6, 6.07) is 5.72. The quantitative estimate of drug-likeness (QED) is 0.558. The predicted octanol–water partition coefficient (Wildman–Crippen LogP) is 0.277. The number of carbonyl (C=O) groups is 1. The van der Waals surface area contributed by atoms with Crippen molar-refractivity contribution in [2.24, 2.45) is 0 Å². The third kappa shape index (κ3) is 4.14. The minimum atomic E-state index is -4.56. The van der Waals surface area contributed by atoms with Gasteiger partial charge in [0.15, 0.2) is 0 Å².